The van der Waals surface area contributed by atoms with E-state index in [4.69, 9.17) is 0 Å². The highest BCUT2D eigenvalue weighted by Crippen LogP contribution is 2.65. The predicted octanol–water partition coefficient (Wildman–Crippen LogP) is 4.72. The van der Waals surface area contributed by atoms with Crippen molar-refractivity contribution < 1.29 is 70.6 Å². The maximum atomic E-state index is 12.9. The molecule has 0 aromatic rings. The van der Waals surface area contributed by atoms with Gasteiger partial charge in [0.05, 0.1) is 0 Å². The minimum atomic E-state index is -8.17. The SMILES string of the molecule is F[C@H]1O[C@]1(F)C(F)(F)C(F)(F)C(F)(F)C(F)(F)C(F)(F)C(F)(F)F. The summed E-state index contributed by atoms with van der Waals surface area (Å²) in [6, 6.07) is 0. The van der Waals surface area contributed by atoms with E-state index in [0.717, 1.165) is 0 Å². The van der Waals surface area contributed by atoms with Gasteiger partial charge in [0, 0.05) is 0 Å². The summed E-state index contributed by atoms with van der Waals surface area (Å²) < 4.78 is 190. The molecule has 0 aromatic heterocycles. The summed E-state index contributed by atoms with van der Waals surface area (Å²) in [5, 5.41) is 0. The van der Waals surface area contributed by atoms with E-state index in [1.54, 1.807) is 0 Å². The van der Waals surface area contributed by atoms with Gasteiger partial charge in [0.2, 0.25) is 0 Å². The average molecular weight is 398 g/mol. The maximum absolute atomic E-state index is 12.9. The van der Waals surface area contributed by atoms with Gasteiger partial charge < -0.3 is 0 Å². The molecule has 1 aliphatic heterocycles. The highest BCUT2D eigenvalue weighted by atomic mass is 19.4. The van der Waals surface area contributed by atoms with Crippen LogP contribution >= 0.6 is 0 Å². The lowest BCUT2D eigenvalue weighted by Gasteiger charge is -2.39. The molecule has 0 aromatic carbocycles. The molecule has 2 atom stereocenters. The van der Waals surface area contributed by atoms with Crippen LogP contribution in [0.5, 0.6) is 0 Å². The summed E-state index contributed by atoms with van der Waals surface area (Å²) in [4.78, 5) is 0. The molecular formula is C8HF15O. The topological polar surface area (TPSA) is 12.5 Å². The van der Waals surface area contributed by atoms with Gasteiger partial charge in [-0.15, -0.1) is 0 Å². The van der Waals surface area contributed by atoms with Gasteiger partial charge in [-0.2, -0.15) is 61.5 Å². The van der Waals surface area contributed by atoms with Crippen molar-refractivity contribution in [3.05, 3.63) is 0 Å². The zero-order valence-corrected chi connectivity index (χ0v) is 10.2. The largest absolute Gasteiger partial charge is 0.460 e. The van der Waals surface area contributed by atoms with Crippen molar-refractivity contribution in [2.24, 2.45) is 0 Å². The Morgan fingerprint density at radius 3 is 1.12 bits per heavy atom. The molecule has 1 rings (SSSR count). The Kier molecular flexibility index (Phi) is 4.15. The molecule has 0 aliphatic carbocycles. The second-order valence-corrected chi connectivity index (χ2v) is 4.45. The summed E-state index contributed by atoms with van der Waals surface area (Å²) in [5.74, 6) is -45.0. The van der Waals surface area contributed by atoms with Gasteiger partial charge in [-0.25, -0.2) is 4.39 Å². The van der Waals surface area contributed by atoms with E-state index in [1.165, 1.54) is 0 Å². The van der Waals surface area contributed by atoms with E-state index in [-0.39, 0.29) is 0 Å². The second-order valence-electron chi connectivity index (χ2n) is 4.45. The first-order chi connectivity index (χ1) is 10.1. The maximum Gasteiger partial charge on any atom is 0.460 e. The van der Waals surface area contributed by atoms with E-state index in [9.17, 15) is 65.9 Å². The van der Waals surface area contributed by atoms with Crippen LogP contribution in [-0.4, -0.2) is 48.0 Å². The van der Waals surface area contributed by atoms with Crippen molar-refractivity contribution in [2.75, 3.05) is 0 Å². The van der Waals surface area contributed by atoms with Crippen LogP contribution in [0.3, 0.4) is 0 Å². The standard InChI is InChI=1S/C8HF15O/c9-1-2(10,24-1)3(11,12)4(13,14)5(15,16)6(17,18)7(19,20)8(21,22)23/h1H/t1-,2-/m0/s1. The molecule has 0 unspecified atom stereocenters. The van der Waals surface area contributed by atoms with Gasteiger partial charge in [0.15, 0.2) is 0 Å². The van der Waals surface area contributed by atoms with Crippen LogP contribution in [0.15, 0.2) is 0 Å². The zero-order chi connectivity index (χ0) is 19.8. The predicted molar refractivity (Wildman–Crippen MR) is 40.6 cm³/mol. The molecule has 0 radical (unpaired) electrons. The molecule has 144 valence electrons. The minimum Gasteiger partial charge on any atom is -0.296 e. The first-order valence-electron chi connectivity index (χ1n) is 5.09. The normalized spacial score (nSPS) is 27.4. The van der Waals surface area contributed by atoms with Gasteiger partial charge in [-0.3, -0.25) is 4.74 Å². The number of epoxide rings is 1. The molecule has 16 heteroatoms. The highest BCUT2D eigenvalue weighted by molar-refractivity contribution is 5.16. The molecule has 0 spiro atoms. The fourth-order valence-electron chi connectivity index (χ4n) is 1.32. The Morgan fingerprint density at radius 1 is 0.583 bits per heavy atom. The van der Waals surface area contributed by atoms with Crippen molar-refractivity contribution >= 4 is 0 Å². The van der Waals surface area contributed by atoms with Crippen molar-refractivity contribution in [2.45, 2.75) is 48.0 Å². The molecule has 1 fully saturated rings. The van der Waals surface area contributed by atoms with E-state index in [0.29, 0.717) is 0 Å². The number of ether oxygens (including phenoxy) is 1. The van der Waals surface area contributed by atoms with Crippen molar-refractivity contribution in [1.29, 1.82) is 0 Å². The number of halogens is 15. The average Bonchev–Trinajstić information content (AvgIpc) is 2.96. The van der Waals surface area contributed by atoms with E-state index in [1.807, 2.05) is 0 Å². The number of hydrogen-bond acceptors (Lipinski definition) is 1. The first kappa shape index (κ1) is 21.0. The van der Waals surface area contributed by atoms with Gasteiger partial charge in [0.25, 0.3) is 6.36 Å². The lowest BCUT2D eigenvalue weighted by atomic mass is 9.92. The van der Waals surface area contributed by atoms with Gasteiger partial charge in [-0.05, 0) is 0 Å². The zero-order valence-electron chi connectivity index (χ0n) is 10.2. The van der Waals surface area contributed by atoms with Gasteiger partial charge in [-0.1, -0.05) is 0 Å². The summed E-state index contributed by atoms with van der Waals surface area (Å²) in [7, 11) is 0. The quantitative estimate of drug-likeness (QED) is 0.483. The fraction of sp³-hybridized carbons (Fsp3) is 1.00. The van der Waals surface area contributed by atoms with Crippen molar-refractivity contribution in [3.63, 3.8) is 0 Å². The van der Waals surface area contributed by atoms with Crippen LogP contribution in [-0.2, 0) is 4.74 Å². The van der Waals surface area contributed by atoms with Crippen LogP contribution in [0.2, 0.25) is 0 Å². The third kappa shape index (κ3) is 2.16. The molecule has 1 saturated heterocycles. The minimum absolute atomic E-state index is 2.56. The molecule has 1 heterocycles. The Bertz CT molecular complexity index is 506. The molecular weight excluding hydrogens is 397 g/mol. The van der Waals surface area contributed by atoms with E-state index < -0.39 is 48.0 Å². The molecule has 0 bridgehead atoms. The molecule has 0 N–H and O–H groups in total. The van der Waals surface area contributed by atoms with Crippen molar-refractivity contribution in [3.8, 4) is 0 Å². The molecule has 0 saturated carbocycles. The summed E-state index contributed by atoms with van der Waals surface area (Å²) >= 11 is 0. The van der Waals surface area contributed by atoms with Crippen LogP contribution in [0.4, 0.5) is 65.9 Å². The second kappa shape index (κ2) is 4.75. The third-order valence-corrected chi connectivity index (χ3v) is 2.87. The smallest absolute Gasteiger partial charge is 0.296 e. The van der Waals surface area contributed by atoms with Crippen LogP contribution in [0.1, 0.15) is 0 Å². The fourth-order valence-corrected chi connectivity index (χ4v) is 1.32. The molecule has 1 aliphatic rings. The summed E-state index contributed by atoms with van der Waals surface area (Å²) in [6.07, 6.45) is -11.6. The van der Waals surface area contributed by atoms with Crippen LogP contribution in [0, 0.1) is 0 Å². The highest BCUT2D eigenvalue weighted by Gasteiger charge is 2.96. The van der Waals surface area contributed by atoms with Crippen molar-refractivity contribution in [1.82, 2.24) is 0 Å². The molecule has 1 nitrogen and oxygen atoms in total. The molecule has 0 amide bonds. The summed E-state index contributed by atoms with van der Waals surface area (Å²) in [5.41, 5.74) is 0. The van der Waals surface area contributed by atoms with Gasteiger partial charge in [0.1, 0.15) is 0 Å². The monoisotopic (exact) mass is 398 g/mol. The Balaban J connectivity index is 3.46. The lowest BCUT2D eigenvalue weighted by Crippen LogP contribution is -2.71. The van der Waals surface area contributed by atoms with Crippen LogP contribution < -0.4 is 0 Å². The van der Waals surface area contributed by atoms with E-state index >= 15 is 0 Å². The number of hydrogen-bond donors (Lipinski definition) is 0. The lowest BCUT2D eigenvalue weighted by molar-refractivity contribution is -0.446. The van der Waals surface area contributed by atoms with E-state index in [2.05, 4.69) is 4.74 Å². The van der Waals surface area contributed by atoms with Gasteiger partial charge >= 0.3 is 41.6 Å². The number of alkyl halides is 15. The van der Waals surface area contributed by atoms with Crippen LogP contribution in [0.25, 0.3) is 0 Å². The Hall–Kier alpha value is -1.09. The molecule has 24 heavy (non-hydrogen) atoms. The Labute approximate surface area is 120 Å². The number of rotatable bonds is 5. The first-order valence-corrected chi connectivity index (χ1v) is 5.09. The third-order valence-electron chi connectivity index (χ3n) is 2.87. The summed E-state index contributed by atoms with van der Waals surface area (Å²) in [6.45, 7) is 0. The Morgan fingerprint density at radius 2 is 0.875 bits per heavy atom.